The zero-order chi connectivity index (χ0) is 69.6. The van der Waals surface area contributed by atoms with E-state index in [4.69, 9.17) is 0 Å². The Balaban J connectivity index is 0.000000124. The molecular weight excluding hydrogens is 1270 g/mol. The second-order valence-corrected chi connectivity index (χ2v) is 27.8. The largest absolute Gasteiger partial charge is 0.391 e. The number of nitrogens with one attached hydrogen (secondary N) is 1. The fourth-order valence-electron chi connectivity index (χ4n) is 14.6. The lowest BCUT2D eigenvalue weighted by Gasteiger charge is -2.31. The molecule has 3 aliphatic rings. The van der Waals surface area contributed by atoms with Gasteiger partial charge in [-0.3, -0.25) is 4.68 Å². The van der Waals surface area contributed by atoms with Crippen LogP contribution < -0.4 is 5.32 Å². The summed E-state index contributed by atoms with van der Waals surface area (Å²) in [5.41, 5.74) is 18.3. The molecule has 1 N–H and O–H groups in total. The highest BCUT2D eigenvalue weighted by Crippen LogP contribution is 2.36. The number of aromatic nitrogens is 16. The Morgan fingerprint density at radius 2 is 1.09 bits per heavy atom. The normalized spacial score (nSPS) is 15.7. The van der Waals surface area contributed by atoms with Gasteiger partial charge in [0.05, 0.1) is 91.7 Å². The van der Waals surface area contributed by atoms with Crippen molar-refractivity contribution >= 4 is 65.9 Å². The number of benzene rings is 5. The molecule has 101 heavy (non-hydrogen) atoms. The van der Waals surface area contributed by atoms with E-state index >= 15 is 8.78 Å². The van der Waals surface area contributed by atoms with E-state index in [2.05, 4.69) is 118 Å². The van der Waals surface area contributed by atoms with Crippen LogP contribution in [0.1, 0.15) is 101 Å². The number of nitrogens with zero attached hydrogens (tertiary/aromatic N) is 19. The number of aryl methyl sites for hydroxylation is 6. The van der Waals surface area contributed by atoms with Crippen molar-refractivity contribution in [2.75, 3.05) is 66.5 Å². The van der Waals surface area contributed by atoms with E-state index in [0.717, 1.165) is 169 Å². The monoisotopic (exact) mass is 1350 g/mol. The first-order chi connectivity index (χ1) is 49.0. The summed E-state index contributed by atoms with van der Waals surface area (Å²) < 4.78 is 53.0. The average Bonchev–Trinajstić information content (AvgIpc) is 1.21. The smallest absolute Gasteiger partial charge is 0.156 e. The first-order valence-corrected chi connectivity index (χ1v) is 34.9. The highest BCUT2D eigenvalue weighted by Gasteiger charge is 2.26. The van der Waals surface area contributed by atoms with E-state index in [0.29, 0.717) is 66.8 Å². The van der Waals surface area contributed by atoms with Crippen LogP contribution >= 0.6 is 0 Å². The van der Waals surface area contributed by atoms with Crippen LogP contribution in [-0.4, -0.2) is 160 Å². The molecule has 9 aromatic heterocycles. The van der Waals surface area contributed by atoms with Gasteiger partial charge in [-0.15, -0.1) is 10.2 Å². The summed E-state index contributed by atoms with van der Waals surface area (Å²) in [6.07, 6.45) is 17.8. The van der Waals surface area contributed by atoms with Gasteiger partial charge in [-0.25, -0.2) is 37.2 Å². The van der Waals surface area contributed by atoms with E-state index in [-0.39, 0.29) is 29.3 Å². The van der Waals surface area contributed by atoms with Gasteiger partial charge in [0.2, 0.25) is 0 Å². The van der Waals surface area contributed by atoms with Gasteiger partial charge in [0.15, 0.2) is 11.3 Å². The molecule has 514 valence electrons. The van der Waals surface area contributed by atoms with E-state index in [9.17, 15) is 4.39 Å². The van der Waals surface area contributed by atoms with Gasteiger partial charge in [0, 0.05) is 88.9 Å². The van der Waals surface area contributed by atoms with Gasteiger partial charge < -0.3 is 24.6 Å². The highest BCUT2D eigenvalue weighted by molar-refractivity contribution is 5.90. The number of halogens is 3. The summed E-state index contributed by atoms with van der Waals surface area (Å²) in [7, 11) is 6.13. The maximum Gasteiger partial charge on any atom is 0.156 e. The summed E-state index contributed by atoms with van der Waals surface area (Å²) in [4.78, 5) is 20.7. The second kappa shape index (κ2) is 28.3. The van der Waals surface area contributed by atoms with Crippen LogP contribution in [0.2, 0.25) is 0 Å². The van der Waals surface area contributed by atoms with Crippen molar-refractivity contribution in [1.82, 2.24) is 99.1 Å². The van der Waals surface area contributed by atoms with Gasteiger partial charge in [0.1, 0.15) is 17.5 Å². The number of allylic oxidation sites excluding steroid dienone is 1. The molecule has 23 heteroatoms. The van der Waals surface area contributed by atoms with Gasteiger partial charge in [-0.05, 0) is 246 Å². The van der Waals surface area contributed by atoms with E-state index in [1.54, 1.807) is 38.0 Å². The molecule has 14 aromatic rings. The van der Waals surface area contributed by atoms with E-state index in [1.807, 2.05) is 140 Å². The molecule has 2 saturated heterocycles. The van der Waals surface area contributed by atoms with Crippen molar-refractivity contribution in [2.45, 2.75) is 97.4 Å². The van der Waals surface area contributed by atoms with Crippen LogP contribution in [0.3, 0.4) is 0 Å². The molecule has 20 nitrogen and oxygen atoms in total. The third-order valence-corrected chi connectivity index (χ3v) is 20.0. The number of rotatable bonds is 13. The fourth-order valence-corrected chi connectivity index (χ4v) is 14.6. The minimum absolute atomic E-state index is 0.206. The molecule has 0 aliphatic carbocycles. The number of hydrogen-bond acceptors (Lipinski definition) is 16. The van der Waals surface area contributed by atoms with Crippen molar-refractivity contribution in [3.05, 3.63) is 203 Å². The molecule has 12 heterocycles. The van der Waals surface area contributed by atoms with Gasteiger partial charge >= 0.3 is 0 Å². The van der Waals surface area contributed by atoms with Crippen molar-refractivity contribution in [3.63, 3.8) is 0 Å². The first-order valence-electron chi connectivity index (χ1n) is 34.9. The quantitative estimate of drug-likeness (QED) is 0.114. The molecule has 0 saturated carbocycles. The van der Waals surface area contributed by atoms with Crippen LogP contribution in [0.15, 0.2) is 140 Å². The van der Waals surface area contributed by atoms with Crippen LogP contribution in [-0.2, 0) is 13.6 Å². The van der Waals surface area contributed by atoms with Crippen molar-refractivity contribution in [2.24, 2.45) is 7.05 Å². The summed E-state index contributed by atoms with van der Waals surface area (Å²) in [5.74, 6) is -0.0250. The number of para-hydroxylation sites is 2. The Kier molecular flexibility index (Phi) is 18.6. The molecule has 0 bridgehead atoms. The molecule has 2 fully saturated rings. The second-order valence-electron chi connectivity index (χ2n) is 27.8. The van der Waals surface area contributed by atoms with E-state index in [1.165, 1.54) is 11.9 Å². The lowest BCUT2D eigenvalue weighted by Crippen LogP contribution is -2.35. The number of hydrogen-bond donors (Lipinski definition) is 1. The lowest BCUT2D eigenvalue weighted by molar-refractivity contribution is 0.201. The number of piperidine rings is 2. The molecule has 1 atom stereocenters. The zero-order valence-corrected chi connectivity index (χ0v) is 58.2. The van der Waals surface area contributed by atoms with Crippen LogP contribution in [0, 0.1) is 52.1 Å². The average molecular weight is 1360 g/mol. The van der Waals surface area contributed by atoms with E-state index < -0.39 is 0 Å². The summed E-state index contributed by atoms with van der Waals surface area (Å²) in [5, 5.41) is 46.1. The number of imidazole rings is 3. The Morgan fingerprint density at radius 1 is 0.525 bits per heavy atom. The molecule has 0 spiro atoms. The molecular formula is C78H81F3N20. The number of fused-ring (bicyclic) bond motifs is 7. The maximum atomic E-state index is 15.4. The molecule has 3 aliphatic heterocycles. The topological polar surface area (TPSA) is 195 Å². The van der Waals surface area contributed by atoms with Crippen LogP contribution in [0.25, 0.3) is 99.7 Å². The van der Waals surface area contributed by atoms with Crippen LogP contribution in [0.4, 0.5) is 13.2 Å². The molecule has 0 amide bonds. The Hall–Kier alpha value is -10.5. The van der Waals surface area contributed by atoms with Gasteiger partial charge in [-0.1, -0.05) is 18.2 Å². The fraction of sp³-hybridized carbons (Fsp3) is 0.333. The Labute approximate surface area is 583 Å². The molecule has 5 aromatic carbocycles. The van der Waals surface area contributed by atoms with Crippen LogP contribution in [0.5, 0.6) is 0 Å². The maximum absolute atomic E-state index is 15.4. The van der Waals surface area contributed by atoms with Crippen molar-refractivity contribution < 1.29 is 13.2 Å². The van der Waals surface area contributed by atoms with Gasteiger partial charge in [-0.2, -0.15) is 35.7 Å². The summed E-state index contributed by atoms with van der Waals surface area (Å²) in [6, 6.07) is 32.2. The summed E-state index contributed by atoms with van der Waals surface area (Å²) in [6.45, 7) is 19.0. The highest BCUT2D eigenvalue weighted by atomic mass is 19.1. The minimum Gasteiger partial charge on any atom is -0.391 e. The zero-order valence-electron chi connectivity index (χ0n) is 58.2. The van der Waals surface area contributed by atoms with Crippen molar-refractivity contribution in [1.29, 1.82) is 0 Å². The van der Waals surface area contributed by atoms with Crippen molar-refractivity contribution in [3.8, 4) is 33.8 Å². The third kappa shape index (κ3) is 14.2. The standard InChI is InChI=1S/C30H29FN8.C26H32FN7.C22H20FN5/c1-19-13-27(36-39-17-20(2)33-30(19)39)22-14-24(31)23-16-26(34-35-28(23)15-22)21-7-9-37(10-8-21)11-12-38-18-32-25-5-3-4-6-29(25)38;1-17-12-24(31-34-16-18(2)28-26(17)34)20-13-22(27)21-15-23(29-30-25(21)14-20)19-6-10-33(11-7-19)9-5-8-32(3)4;1-13-7-16(8-17-12-28(2)27-22(13)17)20-11-18-19(23)9-15(10-21(18)26-25-20)14-3-5-24-6-4-14/h3-6,13-18,21H,7-12H2,1-2H3;12-16,19H,5-11H2,1-4H3;3,5,7-12,14,24H,4,6H2,1-2H3. The third-order valence-electron chi connectivity index (χ3n) is 20.0. The predicted molar refractivity (Wildman–Crippen MR) is 390 cm³/mol. The minimum atomic E-state index is -0.301. The SMILES string of the molecule is Cc1cc(-c2cc3c(F)cc(C4C=CNCC4)cc3nn2)cc2cn(C)nc12.Cc1cn2nc(-c3cc(F)c4cc(C5CCN(CCCN(C)C)CC5)nnc4c3)cc(C)c2n1.Cc1cn2nc(-c3cc(F)c4cc(C5CCN(CCn6cnc7ccccc76)CC5)nnc4c3)cc(C)c2n1. The Morgan fingerprint density at radius 3 is 1.69 bits per heavy atom. The molecule has 0 radical (unpaired) electrons. The molecule has 1 unspecified atom stereocenters. The summed E-state index contributed by atoms with van der Waals surface area (Å²) >= 11 is 0. The molecule has 17 rings (SSSR count). The number of likely N-dealkylation sites (tertiary alicyclic amines) is 2. The first kappa shape index (κ1) is 66.4. The van der Waals surface area contributed by atoms with Gasteiger partial charge in [0.25, 0.3) is 0 Å². The lowest BCUT2D eigenvalue weighted by atomic mass is 9.92. The predicted octanol–water partition coefficient (Wildman–Crippen LogP) is 13.8. The Bertz CT molecular complexity index is 5440.